The molecule has 1 aromatic heterocycles. The van der Waals surface area contributed by atoms with Crippen molar-refractivity contribution in [1.29, 1.82) is 0 Å². The molecule has 5 rings (SSSR count). The minimum atomic E-state index is -0.0455. The molecule has 0 radical (unpaired) electrons. The van der Waals surface area contributed by atoms with Crippen LogP contribution < -0.4 is 15.8 Å². The van der Waals surface area contributed by atoms with Gasteiger partial charge in [-0.25, -0.2) is 4.79 Å². The number of anilines is 1. The third kappa shape index (κ3) is 4.43. The van der Waals surface area contributed by atoms with E-state index in [2.05, 4.69) is 21.5 Å². The number of hydrogen-bond acceptors (Lipinski definition) is 7. The quantitative estimate of drug-likeness (QED) is 0.553. The average Bonchev–Trinajstić information content (AvgIpc) is 3.48. The van der Waals surface area contributed by atoms with Gasteiger partial charge < -0.3 is 29.9 Å². The highest BCUT2D eigenvalue weighted by molar-refractivity contribution is 5.76. The normalized spacial score (nSPS) is 17.6. The SMILES string of the molecule is CC(C)Oc1ccc(-c2nc(-c3cccc4c3CC[C@@H]4NC(=O)N3CCOCC3)no2)cc1N. The van der Waals surface area contributed by atoms with Crippen LogP contribution in [0.5, 0.6) is 5.75 Å². The Morgan fingerprint density at radius 3 is 2.82 bits per heavy atom. The van der Waals surface area contributed by atoms with Crippen LogP contribution in [0.25, 0.3) is 22.8 Å². The van der Waals surface area contributed by atoms with Crippen molar-refractivity contribution in [3.63, 3.8) is 0 Å². The molecule has 0 unspecified atom stereocenters. The highest BCUT2D eigenvalue weighted by Crippen LogP contribution is 2.38. The number of nitrogen functional groups attached to an aromatic ring is 1. The number of urea groups is 1. The number of morpholine rings is 1. The molecule has 9 nitrogen and oxygen atoms in total. The molecule has 0 bridgehead atoms. The van der Waals surface area contributed by atoms with Gasteiger partial charge in [-0.1, -0.05) is 23.4 Å². The van der Waals surface area contributed by atoms with Gasteiger partial charge in [0.2, 0.25) is 5.82 Å². The van der Waals surface area contributed by atoms with Crippen LogP contribution in [0.1, 0.15) is 37.4 Å². The third-order valence-electron chi connectivity index (χ3n) is 6.15. The number of nitrogens with one attached hydrogen (secondary N) is 1. The Bertz CT molecular complexity index is 1190. The molecule has 1 aliphatic heterocycles. The van der Waals surface area contributed by atoms with Crippen molar-refractivity contribution in [2.45, 2.75) is 38.8 Å². The lowest BCUT2D eigenvalue weighted by atomic mass is 10.0. The summed E-state index contributed by atoms with van der Waals surface area (Å²) >= 11 is 0. The third-order valence-corrected chi connectivity index (χ3v) is 6.15. The van der Waals surface area contributed by atoms with Gasteiger partial charge in [0.25, 0.3) is 5.89 Å². The van der Waals surface area contributed by atoms with Crippen molar-refractivity contribution in [3.05, 3.63) is 47.5 Å². The second-order valence-corrected chi connectivity index (χ2v) is 8.86. The number of aromatic nitrogens is 2. The highest BCUT2D eigenvalue weighted by Gasteiger charge is 2.29. The number of carbonyl (C=O) groups excluding carboxylic acids is 1. The molecule has 1 aliphatic carbocycles. The Morgan fingerprint density at radius 2 is 2.06 bits per heavy atom. The summed E-state index contributed by atoms with van der Waals surface area (Å²) < 4.78 is 16.6. The summed E-state index contributed by atoms with van der Waals surface area (Å²) in [5.74, 6) is 1.54. The predicted molar refractivity (Wildman–Crippen MR) is 127 cm³/mol. The van der Waals surface area contributed by atoms with Gasteiger partial charge in [-0.15, -0.1) is 0 Å². The van der Waals surface area contributed by atoms with E-state index in [1.165, 1.54) is 0 Å². The second-order valence-electron chi connectivity index (χ2n) is 8.86. The molecular weight excluding hydrogens is 434 g/mol. The number of rotatable bonds is 5. The van der Waals surface area contributed by atoms with Crippen LogP contribution >= 0.6 is 0 Å². The van der Waals surface area contributed by atoms with Gasteiger partial charge in [0.05, 0.1) is 31.0 Å². The molecule has 1 atom stereocenters. The van der Waals surface area contributed by atoms with Gasteiger partial charge in [0.1, 0.15) is 5.75 Å². The summed E-state index contributed by atoms with van der Waals surface area (Å²) in [7, 11) is 0. The fraction of sp³-hybridized carbons (Fsp3) is 0.400. The van der Waals surface area contributed by atoms with E-state index in [1.807, 2.05) is 38.1 Å². The van der Waals surface area contributed by atoms with E-state index in [4.69, 9.17) is 19.7 Å². The van der Waals surface area contributed by atoms with Crippen LogP contribution in [0.4, 0.5) is 10.5 Å². The van der Waals surface area contributed by atoms with E-state index in [0.29, 0.717) is 49.5 Å². The Balaban J connectivity index is 1.35. The lowest BCUT2D eigenvalue weighted by Crippen LogP contribution is -2.46. The van der Waals surface area contributed by atoms with Gasteiger partial charge in [-0.3, -0.25) is 0 Å². The number of benzene rings is 2. The van der Waals surface area contributed by atoms with Crippen molar-refractivity contribution < 1.29 is 18.8 Å². The van der Waals surface area contributed by atoms with E-state index in [-0.39, 0.29) is 18.2 Å². The number of nitrogens with two attached hydrogens (primary N) is 1. The predicted octanol–water partition coefficient (Wildman–Crippen LogP) is 3.80. The van der Waals surface area contributed by atoms with Crippen LogP contribution in [0.2, 0.25) is 0 Å². The van der Waals surface area contributed by atoms with Gasteiger partial charge in [0.15, 0.2) is 0 Å². The molecule has 1 fully saturated rings. The summed E-state index contributed by atoms with van der Waals surface area (Å²) in [4.78, 5) is 19.1. The summed E-state index contributed by atoms with van der Waals surface area (Å²) in [5.41, 5.74) is 10.6. The first kappa shape index (κ1) is 22.2. The molecule has 0 saturated carbocycles. The highest BCUT2D eigenvalue weighted by atomic mass is 16.5. The molecular formula is C25H29N5O4. The number of fused-ring (bicyclic) bond motifs is 1. The van der Waals surface area contributed by atoms with Crippen molar-refractivity contribution in [1.82, 2.24) is 20.4 Å². The molecule has 3 N–H and O–H groups in total. The topological polar surface area (TPSA) is 116 Å². The molecule has 2 amide bonds. The summed E-state index contributed by atoms with van der Waals surface area (Å²) in [6, 6.07) is 11.4. The zero-order valence-electron chi connectivity index (χ0n) is 19.4. The molecule has 2 aromatic carbocycles. The van der Waals surface area contributed by atoms with Crippen molar-refractivity contribution in [3.8, 4) is 28.6 Å². The molecule has 1 saturated heterocycles. The van der Waals surface area contributed by atoms with Gasteiger partial charge >= 0.3 is 6.03 Å². The molecule has 178 valence electrons. The first-order valence-electron chi connectivity index (χ1n) is 11.6. The summed E-state index contributed by atoms with van der Waals surface area (Å²) in [5, 5.41) is 7.41. The Morgan fingerprint density at radius 1 is 1.24 bits per heavy atom. The lowest BCUT2D eigenvalue weighted by Gasteiger charge is -2.28. The van der Waals surface area contributed by atoms with Gasteiger partial charge in [-0.05, 0) is 56.0 Å². The van der Waals surface area contributed by atoms with Gasteiger partial charge in [0, 0.05) is 24.2 Å². The first-order chi connectivity index (χ1) is 16.5. The maximum atomic E-state index is 12.7. The Kier molecular flexibility index (Phi) is 6.10. The molecule has 2 aliphatic rings. The van der Waals surface area contributed by atoms with Crippen LogP contribution in [-0.4, -0.2) is 53.5 Å². The zero-order chi connectivity index (χ0) is 23.7. The van der Waals surface area contributed by atoms with E-state index < -0.39 is 0 Å². The van der Waals surface area contributed by atoms with Crippen molar-refractivity contribution in [2.24, 2.45) is 0 Å². The van der Waals surface area contributed by atoms with Crippen LogP contribution in [0, 0.1) is 0 Å². The number of ether oxygens (including phenoxy) is 2. The zero-order valence-corrected chi connectivity index (χ0v) is 19.4. The summed E-state index contributed by atoms with van der Waals surface area (Å²) in [6.07, 6.45) is 1.70. The Hall–Kier alpha value is -3.59. The van der Waals surface area contributed by atoms with E-state index in [0.717, 1.165) is 35.1 Å². The minimum Gasteiger partial charge on any atom is -0.489 e. The minimum absolute atomic E-state index is 0.0332. The standard InChI is InChI=1S/C25H29N5O4/c1-15(2)33-22-9-6-16(14-20(22)26)24-28-23(29-34-24)19-5-3-4-18-17(19)7-8-21(18)27-25(31)30-10-12-32-13-11-30/h3-6,9,14-15,21H,7-8,10-13,26H2,1-2H3,(H,27,31)/t21-/m0/s1. The fourth-order valence-corrected chi connectivity index (χ4v) is 4.51. The first-order valence-corrected chi connectivity index (χ1v) is 11.6. The average molecular weight is 464 g/mol. The number of nitrogens with zero attached hydrogens (tertiary/aromatic N) is 3. The number of hydrogen-bond donors (Lipinski definition) is 2. The summed E-state index contributed by atoms with van der Waals surface area (Å²) in [6.45, 7) is 6.30. The molecule has 3 aromatic rings. The second kappa shape index (κ2) is 9.34. The molecule has 0 spiro atoms. The molecule has 2 heterocycles. The lowest BCUT2D eigenvalue weighted by molar-refractivity contribution is 0.0525. The van der Waals surface area contributed by atoms with Crippen LogP contribution in [0.3, 0.4) is 0 Å². The monoisotopic (exact) mass is 463 g/mol. The largest absolute Gasteiger partial charge is 0.489 e. The molecule has 9 heteroatoms. The van der Waals surface area contributed by atoms with Gasteiger partial charge in [-0.2, -0.15) is 4.98 Å². The Labute approximate surface area is 198 Å². The van der Waals surface area contributed by atoms with E-state index >= 15 is 0 Å². The fourth-order valence-electron chi connectivity index (χ4n) is 4.51. The maximum Gasteiger partial charge on any atom is 0.318 e. The smallest absolute Gasteiger partial charge is 0.318 e. The number of amides is 2. The van der Waals surface area contributed by atoms with Crippen LogP contribution in [0.15, 0.2) is 40.9 Å². The molecule has 34 heavy (non-hydrogen) atoms. The number of carbonyl (C=O) groups is 1. The van der Waals surface area contributed by atoms with E-state index in [1.54, 1.807) is 11.0 Å². The van der Waals surface area contributed by atoms with Crippen LogP contribution in [-0.2, 0) is 11.2 Å². The van der Waals surface area contributed by atoms with Crippen molar-refractivity contribution in [2.75, 3.05) is 32.0 Å². The van der Waals surface area contributed by atoms with Crippen molar-refractivity contribution >= 4 is 11.7 Å². The maximum absolute atomic E-state index is 12.7. The van der Waals surface area contributed by atoms with E-state index in [9.17, 15) is 4.79 Å².